The van der Waals surface area contributed by atoms with Crippen molar-refractivity contribution in [2.75, 3.05) is 13.7 Å². The lowest BCUT2D eigenvalue weighted by molar-refractivity contribution is 0.0928. The molecule has 0 saturated carbocycles. The predicted octanol–water partition coefficient (Wildman–Crippen LogP) is 4.38. The number of halogens is 1. The normalized spacial score (nSPS) is 10.8. The van der Waals surface area contributed by atoms with Crippen molar-refractivity contribution in [3.63, 3.8) is 0 Å². The van der Waals surface area contributed by atoms with Crippen LogP contribution in [0, 0.1) is 6.92 Å². The van der Waals surface area contributed by atoms with Gasteiger partial charge >= 0.3 is 0 Å². The second kappa shape index (κ2) is 6.97. The van der Waals surface area contributed by atoms with Crippen molar-refractivity contribution in [1.82, 2.24) is 5.32 Å². The van der Waals surface area contributed by atoms with Gasteiger partial charge < -0.3 is 14.5 Å². The zero-order valence-corrected chi connectivity index (χ0v) is 14.3. The fourth-order valence-corrected chi connectivity index (χ4v) is 2.72. The maximum atomic E-state index is 12.4. The average Bonchev–Trinajstić information content (AvgIpc) is 2.93. The first-order valence-electron chi connectivity index (χ1n) is 7.68. The van der Waals surface area contributed by atoms with Gasteiger partial charge in [0, 0.05) is 22.5 Å². The maximum absolute atomic E-state index is 12.4. The zero-order chi connectivity index (χ0) is 17.1. The minimum atomic E-state index is -0.211. The number of carbonyl (C=O) groups excluding carboxylic acids is 1. The number of rotatable bonds is 5. The van der Waals surface area contributed by atoms with Gasteiger partial charge in [0.1, 0.15) is 11.3 Å². The van der Waals surface area contributed by atoms with Crippen LogP contribution in [0.25, 0.3) is 11.0 Å². The van der Waals surface area contributed by atoms with Crippen LogP contribution in [-0.4, -0.2) is 19.6 Å². The van der Waals surface area contributed by atoms with Crippen molar-refractivity contribution in [3.8, 4) is 5.75 Å². The maximum Gasteiger partial charge on any atom is 0.287 e. The van der Waals surface area contributed by atoms with E-state index in [0.29, 0.717) is 22.9 Å². The molecule has 24 heavy (non-hydrogen) atoms. The molecule has 0 aliphatic carbocycles. The van der Waals surface area contributed by atoms with E-state index >= 15 is 0 Å². The predicted molar refractivity (Wildman–Crippen MR) is 95.0 cm³/mol. The molecule has 0 bridgehead atoms. The number of ether oxygens (including phenoxy) is 1. The highest BCUT2D eigenvalue weighted by atomic mass is 35.5. The molecule has 3 aromatic rings. The number of furan rings is 1. The number of amides is 1. The molecular weight excluding hydrogens is 326 g/mol. The smallest absolute Gasteiger partial charge is 0.287 e. The average molecular weight is 344 g/mol. The summed E-state index contributed by atoms with van der Waals surface area (Å²) in [7, 11) is 1.61. The number of aryl methyl sites for hydroxylation is 1. The minimum absolute atomic E-state index is 0.211. The van der Waals surface area contributed by atoms with E-state index in [0.717, 1.165) is 28.7 Å². The number of nitrogens with one attached hydrogen (secondary N) is 1. The Hall–Kier alpha value is -2.46. The Morgan fingerprint density at radius 2 is 1.96 bits per heavy atom. The molecule has 0 saturated heterocycles. The van der Waals surface area contributed by atoms with Gasteiger partial charge in [0.25, 0.3) is 5.91 Å². The van der Waals surface area contributed by atoms with Crippen molar-refractivity contribution in [1.29, 1.82) is 0 Å². The zero-order valence-electron chi connectivity index (χ0n) is 13.6. The molecule has 0 atom stereocenters. The highest BCUT2D eigenvalue weighted by Crippen LogP contribution is 2.28. The van der Waals surface area contributed by atoms with Crippen molar-refractivity contribution >= 4 is 28.5 Å². The fourth-order valence-electron chi connectivity index (χ4n) is 2.60. The van der Waals surface area contributed by atoms with Gasteiger partial charge in [0.05, 0.1) is 7.11 Å². The first kappa shape index (κ1) is 16.4. The summed E-state index contributed by atoms with van der Waals surface area (Å²) in [6.07, 6.45) is 0.732. The molecular formula is C19H18ClNO3. The number of benzene rings is 2. The van der Waals surface area contributed by atoms with Gasteiger partial charge in [-0.25, -0.2) is 0 Å². The molecule has 3 rings (SSSR count). The van der Waals surface area contributed by atoms with Gasteiger partial charge in [-0.05, 0) is 49.2 Å². The SMILES string of the molecule is COc1ccc2oc(C(=O)NCCc3ccc(Cl)cc3)c(C)c2c1. The Morgan fingerprint density at radius 3 is 2.67 bits per heavy atom. The summed E-state index contributed by atoms with van der Waals surface area (Å²) < 4.78 is 10.9. The van der Waals surface area contributed by atoms with E-state index in [2.05, 4.69) is 5.32 Å². The van der Waals surface area contributed by atoms with E-state index in [1.807, 2.05) is 49.4 Å². The standard InChI is InChI=1S/C19H18ClNO3/c1-12-16-11-15(23-2)7-8-17(16)24-18(12)19(22)21-10-9-13-3-5-14(20)6-4-13/h3-8,11H,9-10H2,1-2H3,(H,21,22). The van der Waals surface area contributed by atoms with E-state index < -0.39 is 0 Å². The number of methoxy groups -OCH3 is 1. The molecule has 0 spiro atoms. The van der Waals surface area contributed by atoms with E-state index in [4.69, 9.17) is 20.8 Å². The van der Waals surface area contributed by atoms with E-state index in [1.54, 1.807) is 7.11 Å². The molecule has 0 unspecified atom stereocenters. The van der Waals surface area contributed by atoms with Crippen LogP contribution in [0.1, 0.15) is 21.7 Å². The quantitative estimate of drug-likeness (QED) is 0.748. The molecule has 0 radical (unpaired) electrons. The number of hydrogen-bond acceptors (Lipinski definition) is 3. The molecule has 1 amide bonds. The van der Waals surface area contributed by atoms with Gasteiger partial charge in [-0.15, -0.1) is 0 Å². The molecule has 0 aliphatic heterocycles. The lowest BCUT2D eigenvalue weighted by atomic mass is 10.1. The van der Waals surface area contributed by atoms with Crippen molar-refractivity contribution < 1.29 is 13.9 Å². The molecule has 0 fully saturated rings. The van der Waals surface area contributed by atoms with E-state index in [9.17, 15) is 4.79 Å². The fraction of sp³-hybridized carbons (Fsp3) is 0.211. The lowest BCUT2D eigenvalue weighted by Gasteiger charge is -2.04. The second-order valence-electron chi connectivity index (χ2n) is 5.55. The van der Waals surface area contributed by atoms with Gasteiger partial charge in [-0.3, -0.25) is 4.79 Å². The highest BCUT2D eigenvalue weighted by Gasteiger charge is 2.17. The van der Waals surface area contributed by atoms with Crippen LogP contribution >= 0.6 is 11.6 Å². The Labute approximate surface area is 145 Å². The van der Waals surface area contributed by atoms with Crippen LogP contribution in [0.3, 0.4) is 0 Å². The third-order valence-corrected chi connectivity index (χ3v) is 4.21. The molecule has 4 nitrogen and oxygen atoms in total. The summed E-state index contributed by atoms with van der Waals surface area (Å²) in [5, 5.41) is 4.49. The van der Waals surface area contributed by atoms with Crippen LogP contribution in [0.15, 0.2) is 46.9 Å². The molecule has 124 valence electrons. The third-order valence-electron chi connectivity index (χ3n) is 3.96. The van der Waals surface area contributed by atoms with Crippen LogP contribution in [-0.2, 0) is 6.42 Å². The lowest BCUT2D eigenvalue weighted by Crippen LogP contribution is -2.25. The van der Waals surface area contributed by atoms with Crippen LogP contribution in [0.5, 0.6) is 5.75 Å². The first-order chi connectivity index (χ1) is 11.6. The Bertz CT molecular complexity index is 868. The van der Waals surface area contributed by atoms with Crippen molar-refractivity contribution in [3.05, 3.63) is 64.4 Å². The first-order valence-corrected chi connectivity index (χ1v) is 8.06. The largest absolute Gasteiger partial charge is 0.497 e. The summed E-state index contributed by atoms with van der Waals surface area (Å²) in [4.78, 5) is 12.4. The molecule has 2 aromatic carbocycles. The summed E-state index contributed by atoms with van der Waals surface area (Å²) in [5.41, 5.74) is 2.61. The number of hydrogen-bond donors (Lipinski definition) is 1. The van der Waals surface area contributed by atoms with Gasteiger partial charge in [-0.1, -0.05) is 23.7 Å². The Kier molecular flexibility index (Phi) is 4.76. The van der Waals surface area contributed by atoms with Crippen molar-refractivity contribution in [2.24, 2.45) is 0 Å². The third kappa shape index (κ3) is 3.39. The van der Waals surface area contributed by atoms with Gasteiger partial charge in [-0.2, -0.15) is 0 Å². The topological polar surface area (TPSA) is 51.5 Å². The molecule has 5 heteroatoms. The van der Waals surface area contributed by atoms with Gasteiger partial charge in [0.2, 0.25) is 0 Å². The summed E-state index contributed by atoms with van der Waals surface area (Å²) in [5.74, 6) is 0.868. The minimum Gasteiger partial charge on any atom is -0.497 e. The van der Waals surface area contributed by atoms with Crippen LogP contribution in [0.4, 0.5) is 0 Å². The van der Waals surface area contributed by atoms with Gasteiger partial charge in [0.15, 0.2) is 5.76 Å². The summed E-state index contributed by atoms with van der Waals surface area (Å²) in [6, 6.07) is 13.1. The second-order valence-corrected chi connectivity index (χ2v) is 5.99. The molecule has 0 aliphatic rings. The van der Waals surface area contributed by atoms with Crippen molar-refractivity contribution in [2.45, 2.75) is 13.3 Å². The van der Waals surface area contributed by atoms with Crippen LogP contribution in [0.2, 0.25) is 5.02 Å². The number of fused-ring (bicyclic) bond motifs is 1. The molecule has 1 N–H and O–H groups in total. The number of carbonyl (C=O) groups is 1. The van der Waals surface area contributed by atoms with E-state index in [1.165, 1.54) is 0 Å². The highest BCUT2D eigenvalue weighted by molar-refractivity contribution is 6.30. The Balaban J connectivity index is 1.69. The summed E-state index contributed by atoms with van der Waals surface area (Å²) >= 11 is 5.86. The molecule has 1 aromatic heterocycles. The Morgan fingerprint density at radius 1 is 1.21 bits per heavy atom. The summed E-state index contributed by atoms with van der Waals surface area (Å²) in [6.45, 7) is 2.40. The van der Waals surface area contributed by atoms with E-state index in [-0.39, 0.29) is 5.91 Å². The monoisotopic (exact) mass is 343 g/mol. The molecule has 1 heterocycles. The van der Waals surface area contributed by atoms with Crippen LogP contribution < -0.4 is 10.1 Å².